The van der Waals surface area contributed by atoms with Gasteiger partial charge in [-0.05, 0) is 44.7 Å². The summed E-state index contributed by atoms with van der Waals surface area (Å²) in [5.41, 5.74) is 2.59. The summed E-state index contributed by atoms with van der Waals surface area (Å²) in [4.78, 5) is 11.6. The molecule has 4 heteroatoms. The van der Waals surface area contributed by atoms with E-state index in [1.165, 1.54) is 40.3 Å². The summed E-state index contributed by atoms with van der Waals surface area (Å²) in [6, 6.07) is 4.36. The van der Waals surface area contributed by atoms with Crippen molar-refractivity contribution >= 4 is 17.2 Å². The Morgan fingerprint density at radius 2 is 2.05 bits per heavy atom. The Hall–Kier alpha value is -1.42. The highest BCUT2D eigenvalue weighted by Gasteiger charge is 2.14. The van der Waals surface area contributed by atoms with Crippen molar-refractivity contribution in [3.05, 3.63) is 39.5 Å². The standard InChI is InChI=1S/C15H19N3S/c1-11-7-8-12(19-11)9-16-15-13-5-3-2-4-6-14(13)17-10-18-15/h7-8,10H,2-6,9H2,1H3,(H,16,17,18). The fourth-order valence-electron chi connectivity index (χ4n) is 2.60. The van der Waals surface area contributed by atoms with Crippen molar-refractivity contribution in [1.29, 1.82) is 0 Å². The molecule has 0 spiro atoms. The third-order valence-corrected chi connectivity index (χ3v) is 4.60. The molecule has 0 atom stereocenters. The average Bonchev–Trinajstić information content (AvgIpc) is 2.69. The van der Waals surface area contributed by atoms with Gasteiger partial charge >= 0.3 is 0 Å². The molecule has 1 aliphatic carbocycles. The van der Waals surface area contributed by atoms with Crippen LogP contribution in [0.3, 0.4) is 0 Å². The minimum Gasteiger partial charge on any atom is -0.365 e. The number of rotatable bonds is 3. The van der Waals surface area contributed by atoms with Crippen molar-refractivity contribution in [2.24, 2.45) is 0 Å². The van der Waals surface area contributed by atoms with Crippen molar-refractivity contribution in [1.82, 2.24) is 9.97 Å². The van der Waals surface area contributed by atoms with Gasteiger partial charge in [0.2, 0.25) is 0 Å². The molecule has 1 N–H and O–H groups in total. The highest BCUT2D eigenvalue weighted by molar-refractivity contribution is 7.11. The van der Waals surface area contributed by atoms with Crippen LogP contribution in [0, 0.1) is 6.92 Å². The van der Waals surface area contributed by atoms with Crippen LogP contribution in [-0.4, -0.2) is 9.97 Å². The van der Waals surface area contributed by atoms with Gasteiger partial charge in [-0.3, -0.25) is 0 Å². The van der Waals surface area contributed by atoms with Gasteiger partial charge < -0.3 is 5.32 Å². The zero-order chi connectivity index (χ0) is 13.1. The van der Waals surface area contributed by atoms with Crippen LogP contribution in [0.5, 0.6) is 0 Å². The number of thiophene rings is 1. The first-order valence-corrected chi connectivity index (χ1v) is 7.76. The van der Waals surface area contributed by atoms with Crippen LogP contribution >= 0.6 is 11.3 Å². The molecule has 2 aromatic rings. The molecule has 19 heavy (non-hydrogen) atoms. The van der Waals surface area contributed by atoms with Gasteiger partial charge in [0.15, 0.2) is 0 Å². The molecule has 0 aromatic carbocycles. The normalized spacial score (nSPS) is 14.8. The number of fused-ring (bicyclic) bond motifs is 1. The van der Waals surface area contributed by atoms with E-state index in [0.717, 1.165) is 25.2 Å². The van der Waals surface area contributed by atoms with Crippen molar-refractivity contribution in [2.45, 2.75) is 45.6 Å². The maximum Gasteiger partial charge on any atom is 0.133 e. The van der Waals surface area contributed by atoms with E-state index < -0.39 is 0 Å². The lowest BCUT2D eigenvalue weighted by Gasteiger charge is -2.11. The zero-order valence-corrected chi connectivity index (χ0v) is 12.1. The average molecular weight is 273 g/mol. The number of hydrogen-bond donors (Lipinski definition) is 1. The largest absolute Gasteiger partial charge is 0.365 e. The Balaban J connectivity index is 1.77. The molecule has 1 aliphatic rings. The van der Waals surface area contributed by atoms with Gasteiger partial charge in [0, 0.05) is 21.0 Å². The molecule has 3 nitrogen and oxygen atoms in total. The number of nitrogens with one attached hydrogen (secondary N) is 1. The number of nitrogens with zero attached hydrogens (tertiary/aromatic N) is 2. The Bertz CT molecular complexity index is 562. The summed E-state index contributed by atoms with van der Waals surface area (Å²) in [6.45, 7) is 3.01. The Morgan fingerprint density at radius 1 is 1.16 bits per heavy atom. The smallest absolute Gasteiger partial charge is 0.133 e. The highest BCUT2D eigenvalue weighted by Crippen LogP contribution is 2.24. The first kappa shape index (κ1) is 12.6. The molecule has 0 saturated heterocycles. The van der Waals surface area contributed by atoms with Gasteiger partial charge in [0.05, 0.1) is 6.54 Å². The van der Waals surface area contributed by atoms with Gasteiger partial charge in [0.25, 0.3) is 0 Å². The van der Waals surface area contributed by atoms with Gasteiger partial charge in [-0.2, -0.15) is 0 Å². The molecule has 0 amide bonds. The quantitative estimate of drug-likeness (QED) is 0.866. The summed E-state index contributed by atoms with van der Waals surface area (Å²) in [5, 5.41) is 3.49. The Morgan fingerprint density at radius 3 is 2.89 bits per heavy atom. The van der Waals surface area contributed by atoms with Crippen LogP contribution in [0.4, 0.5) is 5.82 Å². The first-order valence-electron chi connectivity index (χ1n) is 6.95. The van der Waals surface area contributed by atoms with Crippen molar-refractivity contribution in [2.75, 3.05) is 5.32 Å². The summed E-state index contributed by atoms with van der Waals surface area (Å²) in [7, 11) is 0. The third kappa shape index (κ3) is 2.95. The van der Waals surface area contributed by atoms with E-state index in [4.69, 9.17) is 0 Å². The maximum atomic E-state index is 4.45. The predicted octanol–water partition coefficient (Wildman–Crippen LogP) is 3.73. The second kappa shape index (κ2) is 5.70. The zero-order valence-electron chi connectivity index (χ0n) is 11.3. The monoisotopic (exact) mass is 273 g/mol. The van der Waals surface area contributed by atoms with E-state index in [0.29, 0.717) is 0 Å². The van der Waals surface area contributed by atoms with Crippen LogP contribution < -0.4 is 5.32 Å². The highest BCUT2D eigenvalue weighted by atomic mass is 32.1. The summed E-state index contributed by atoms with van der Waals surface area (Å²) in [6.07, 6.45) is 7.74. The van der Waals surface area contributed by atoms with Crippen LogP contribution in [0.2, 0.25) is 0 Å². The van der Waals surface area contributed by atoms with Gasteiger partial charge in [-0.15, -0.1) is 11.3 Å². The van der Waals surface area contributed by atoms with Crippen LogP contribution in [0.15, 0.2) is 18.5 Å². The molecule has 0 saturated carbocycles. The van der Waals surface area contributed by atoms with Gasteiger partial charge in [0.1, 0.15) is 12.1 Å². The molecule has 3 rings (SSSR count). The van der Waals surface area contributed by atoms with Crippen LogP contribution in [0.25, 0.3) is 0 Å². The fourth-order valence-corrected chi connectivity index (χ4v) is 3.43. The summed E-state index contributed by atoms with van der Waals surface area (Å²) >= 11 is 1.84. The van der Waals surface area contributed by atoms with E-state index in [9.17, 15) is 0 Å². The van der Waals surface area contributed by atoms with Crippen LogP contribution in [-0.2, 0) is 19.4 Å². The minimum atomic E-state index is 0.863. The maximum absolute atomic E-state index is 4.45. The van der Waals surface area contributed by atoms with E-state index in [2.05, 4.69) is 34.3 Å². The summed E-state index contributed by atoms with van der Waals surface area (Å²) < 4.78 is 0. The SMILES string of the molecule is Cc1ccc(CNc2ncnc3c2CCCCC3)s1. The minimum absolute atomic E-state index is 0.863. The molecular weight excluding hydrogens is 254 g/mol. The molecule has 100 valence electrons. The molecule has 0 aliphatic heterocycles. The van der Waals surface area contributed by atoms with Crippen molar-refractivity contribution < 1.29 is 0 Å². The second-order valence-corrected chi connectivity index (χ2v) is 6.45. The first-order chi connectivity index (χ1) is 9.33. The van der Waals surface area contributed by atoms with E-state index >= 15 is 0 Å². The van der Waals surface area contributed by atoms with Gasteiger partial charge in [-0.25, -0.2) is 9.97 Å². The lowest BCUT2D eigenvalue weighted by atomic mass is 10.1. The molecule has 0 fully saturated rings. The molecule has 2 aromatic heterocycles. The number of hydrogen-bond acceptors (Lipinski definition) is 4. The summed E-state index contributed by atoms with van der Waals surface area (Å²) in [5.74, 6) is 1.04. The van der Waals surface area contributed by atoms with Gasteiger partial charge in [-0.1, -0.05) is 6.42 Å². The van der Waals surface area contributed by atoms with Crippen molar-refractivity contribution in [3.63, 3.8) is 0 Å². The third-order valence-electron chi connectivity index (χ3n) is 3.60. The number of aromatic nitrogens is 2. The predicted molar refractivity (Wildman–Crippen MR) is 79.7 cm³/mol. The number of anilines is 1. The molecule has 0 bridgehead atoms. The lowest BCUT2D eigenvalue weighted by molar-refractivity contribution is 0.709. The number of aryl methyl sites for hydroxylation is 2. The lowest BCUT2D eigenvalue weighted by Crippen LogP contribution is -2.07. The molecule has 2 heterocycles. The molecule has 0 radical (unpaired) electrons. The fraction of sp³-hybridized carbons (Fsp3) is 0.467. The second-order valence-electron chi connectivity index (χ2n) is 5.07. The van der Waals surface area contributed by atoms with E-state index in [1.807, 2.05) is 11.3 Å². The Labute approximate surface area is 118 Å². The topological polar surface area (TPSA) is 37.8 Å². The van der Waals surface area contributed by atoms with E-state index in [1.54, 1.807) is 6.33 Å². The Kier molecular flexibility index (Phi) is 3.78. The van der Waals surface area contributed by atoms with Crippen LogP contribution in [0.1, 0.15) is 40.3 Å². The molecular formula is C15H19N3S. The van der Waals surface area contributed by atoms with E-state index in [-0.39, 0.29) is 0 Å². The molecule has 0 unspecified atom stereocenters. The van der Waals surface area contributed by atoms with Crippen molar-refractivity contribution in [3.8, 4) is 0 Å².